The molecule has 262 valence electrons. The van der Waals surface area contributed by atoms with E-state index in [0.29, 0.717) is 17.5 Å². The van der Waals surface area contributed by atoms with Crippen molar-refractivity contribution in [2.75, 3.05) is 0 Å². The lowest BCUT2D eigenvalue weighted by Crippen LogP contribution is -2.01. The SMILES string of the molecule is c1ccc(-c2ccc3c(c2)c2cc(-c4ccccc4)ccc2n3-c2cccc(-c3nc(-c4ccccc4)nc(-c4ccc5c(c4)sc4ccccc45)n3)c2)cc1. The molecule has 0 aliphatic heterocycles. The fourth-order valence-corrected chi connectivity index (χ4v) is 9.07. The molecule has 56 heavy (non-hydrogen) atoms. The first-order valence-electron chi connectivity index (χ1n) is 18.8. The van der Waals surface area contributed by atoms with Gasteiger partial charge in [-0.2, -0.15) is 0 Å². The number of thiophene rings is 1. The third-order valence-electron chi connectivity index (χ3n) is 10.6. The quantitative estimate of drug-likeness (QED) is 0.171. The summed E-state index contributed by atoms with van der Waals surface area (Å²) in [5.41, 5.74) is 10.9. The summed E-state index contributed by atoms with van der Waals surface area (Å²) in [5, 5.41) is 4.93. The molecule has 4 nitrogen and oxygen atoms in total. The minimum absolute atomic E-state index is 0.630. The highest BCUT2D eigenvalue weighted by Crippen LogP contribution is 2.39. The van der Waals surface area contributed by atoms with Crippen LogP contribution in [0.3, 0.4) is 0 Å². The van der Waals surface area contributed by atoms with Gasteiger partial charge in [0.05, 0.1) is 11.0 Å². The molecule has 0 aliphatic rings. The molecule has 0 saturated carbocycles. The van der Waals surface area contributed by atoms with Gasteiger partial charge in [-0.1, -0.05) is 146 Å². The number of benzene rings is 8. The van der Waals surface area contributed by atoms with Crippen molar-refractivity contribution in [2.24, 2.45) is 0 Å². The standard InChI is InChI=1S/C51H32N4S/c1-4-13-33(14-5-1)36-24-27-45-43(30-36)44-31-37(34-15-6-2-7-16-34)25-28-46(44)55(45)40-20-12-19-38(29-40)50-52-49(35-17-8-3-9-18-35)53-51(54-50)39-23-26-42-41-21-10-11-22-47(41)56-48(42)32-39/h1-32H. The van der Waals surface area contributed by atoms with E-state index in [0.717, 1.165) is 33.4 Å². The highest BCUT2D eigenvalue weighted by Gasteiger charge is 2.18. The molecule has 0 atom stereocenters. The van der Waals surface area contributed by atoms with Crippen molar-refractivity contribution in [2.45, 2.75) is 0 Å². The average molecular weight is 733 g/mol. The Morgan fingerprint density at radius 3 is 1.41 bits per heavy atom. The second-order valence-electron chi connectivity index (χ2n) is 14.1. The van der Waals surface area contributed by atoms with Gasteiger partial charge in [-0.25, -0.2) is 15.0 Å². The maximum Gasteiger partial charge on any atom is 0.164 e. The Morgan fingerprint density at radius 1 is 0.304 bits per heavy atom. The molecular weight excluding hydrogens is 701 g/mol. The molecule has 0 aliphatic carbocycles. The maximum atomic E-state index is 5.17. The van der Waals surface area contributed by atoms with Crippen LogP contribution < -0.4 is 0 Å². The van der Waals surface area contributed by atoms with Gasteiger partial charge in [-0.05, 0) is 70.8 Å². The normalized spacial score (nSPS) is 11.6. The van der Waals surface area contributed by atoms with Gasteiger partial charge in [0.25, 0.3) is 0 Å². The van der Waals surface area contributed by atoms with Crippen LogP contribution in [0.5, 0.6) is 0 Å². The van der Waals surface area contributed by atoms with Crippen molar-refractivity contribution in [3.8, 4) is 62.1 Å². The van der Waals surface area contributed by atoms with E-state index >= 15 is 0 Å². The molecule has 0 radical (unpaired) electrons. The van der Waals surface area contributed by atoms with Crippen LogP contribution in [-0.2, 0) is 0 Å². The zero-order valence-corrected chi connectivity index (χ0v) is 31.0. The number of nitrogens with zero attached hydrogens (tertiary/aromatic N) is 4. The predicted molar refractivity (Wildman–Crippen MR) is 234 cm³/mol. The van der Waals surface area contributed by atoms with E-state index in [-0.39, 0.29) is 0 Å². The molecule has 11 rings (SSSR count). The van der Waals surface area contributed by atoms with Gasteiger partial charge in [0.15, 0.2) is 17.5 Å². The van der Waals surface area contributed by atoms with E-state index < -0.39 is 0 Å². The number of aromatic nitrogens is 4. The molecule has 11 aromatic rings. The fraction of sp³-hybridized carbons (Fsp3) is 0. The van der Waals surface area contributed by atoms with Crippen LogP contribution in [0.25, 0.3) is 104 Å². The van der Waals surface area contributed by atoms with Crippen LogP contribution >= 0.6 is 11.3 Å². The summed E-state index contributed by atoms with van der Waals surface area (Å²) in [7, 11) is 0. The van der Waals surface area contributed by atoms with E-state index in [9.17, 15) is 0 Å². The summed E-state index contributed by atoms with van der Waals surface area (Å²) in [6.07, 6.45) is 0. The van der Waals surface area contributed by atoms with Gasteiger partial charge >= 0.3 is 0 Å². The van der Waals surface area contributed by atoms with Crippen LogP contribution in [0.2, 0.25) is 0 Å². The zero-order valence-electron chi connectivity index (χ0n) is 30.2. The van der Waals surface area contributed by atoms with Crippen LogP contribution in [0.1, 0.15) is 0 Å². The largest absolute Gasteiger partial charge is 0.309 e. The monoisotopic (exact) mass is 732 g/mol. The van der Waals surface area contributed by atoms with E-state index in [2.05, 4.69) is 180 Å². The van der Waals surface area contributed by atoms with Gasteiger partial charge in [0, 0.05) is 53.3 Å². The Bertz CT molecular complexity index is 3140. The van der Waals surface area contributed by atoms with E-state index in [1.165, 1.54) is 53.2 Å². The molecule has 3 aromatic heterocycles. The Morgan fingerprint density at radius 2 is 0.786 bits per heavy atom. The van der Waals surface area contributed by atoms with Gasteiger partial charge in [-0.3, -0.25) is 0 Å². The minimum Gasteiger partial charge on any atom is -0.309 e. The Labute approximate surface area is 327 Å². The van der Waals surface area contributed by atoms with Crippen molar-refractivity contribution < 1.29 is 0 Å². The first kappa shape index (κ1) is 32.2. The van der Waals surface area contributed by atoms with Crippen LogP contribution in [0.4, 0.5) is 0 Å². The number of fused-ring (bicyclic) bond motifs is 6. The van der Waals surface area contributed by atoms with Gasteiger partial charge in [0.1, 0.15) is 0 Å². The molecule has 0 amide bonds. The van der Waals surface area contributed by atoms with Gasteiger partial charge < -0.3 is 4.57 Å². The number of hydrogen-bond acceptors (Lipinski definition) is 4. The lowest BCUT2D eigenvalue weighted by atomic mass is 10.0. The summed E-state index contributed by atoms with van der Waals surface area (Å²) in [6, 6.07) is 68.7. The number of rotatable bonds is 6. The lowest BCUT2D eigenvalue weighted by Gasteiger charge is -2.12. The fourth-order valence-electron chi connectivity index (χ4n) is 7.92. The molecule has 0 fully saturated rings. The second-order valence-corrected chi connectivity index (χ2v) is 15.1. The average Bonchev–Trinajstić information content (AvgIpc) is 3.82. The lowest BCUT2D eigenvalue weighted by molar-refractivity contribution is 1.07. The van der Waals surface area contributed by atoms with E-state index in [4.69, 9.17) is 15.0 Å². The molecular formula is C51H32N4S. The van der Waals surface area contributed by atoms with Crippen molar-refractivity contribution >= 4 is 53.3 Å². The smallest absolute Gasteiger partial charge is 0.164 e. The summed E-state index contributed by atoms with van der Waals surface area (Å²) in [6.45, 7) is 0. The van der Waals surface area contributed by atoms with Crippen LogP contribution in [0, 0.1) is 0 Å². The first-order chi connectivity index (χ1) is 27.7. The molecule has 0 N–H and O–H groups in total. The second kappa shape index (κ2) is 13.3. The molecule has 0 spiro atoms. The Balaban J connectivity index is 1.09. The van der Waals surface area contributed by atoms with Crippen molar-refractivity contribution in [1.82, 2.24) is 19.5 Å². The summed E-state index contributed by atoms with van der Waals surface area (Å²) in [5.74, 6) is 1.93. The third kappa shape index (κ3) is 5.56. The first-order valence-corrected chi connectivity index (χ1v) is 19.6. The van der Waals surface area contributed by atoms with Crippen LogP contribution in [-0.4, -0.2) is 19.5 Å². The molecule has 0 unspecified atom stereocenters. The predicted octanol–water partition coefficient (Wildman–Crippen LogP) is 13.7. The van der Waals surface area contributed by atoms with E-state index in [1.54, 1.807) is 11.3 Å². The molecule has 0 saturated heterocycles. The van der Waals surface area contributed by atoms with Crippen molar-refractivity contribution in [3.63, 3.8) is 0 Å². The van der Waals surface area contributed by atoms with Gasteiger partial charge in [-0.15, -0.1) is 11.3 Å². The third-order valence-corrected chi connectivity index (χ3v) is 11.8. The minimum atomic E-state index is 0.630. The Hall–Kier alpha value is -7.21. The van der Waals surface area contributed by atoms with Crippen molar-refractivity contribution in [1.29, 1.82) is 0 Å². The molecule has 0 bridgehead atoms. The molecule has 8 aromatic carbocycles. The van der Waals surface area contributed by atoms with E-state index in [1.807, 2.05) is 18.2 Å². The highest BCUT2D eigenvalue weighted by molar-refractivity contribution is 7.25. The zero-order chi connectivity index (χ0) is 37.0. The maximum absolute atomic E-state index is 5.17. The summed E-state index contributed by atoms with van der Waals surface area (Å²) in [4.78, 5) is 15.3. The number of hydrogen-bond donors (Lipinski definition) is 0. The summed E-state index contributed by atoms with van der Waals surface area (Å²) >= 11 is 1.80. The van der Waals surface area contributed by atoms with Gasteiger partial charge in [0.2, 0.25) is 0 Å². The summed E-state index contributed by atoms with van der Waals surface area (Å²) < 4.78 is 4.86. The van der Waals surface area contributed by atoms with Crippen LogP contribution in [0.15, 0.2) is 194 Å². The molecule has 5 heteroatoms. The molecule has 3 heterocycles. The Kier molecular flexibility index (Phi) is 7.64. The van der Waals surface area contributed by atoms with Crippen molar-refractivity contribution in [3.05, 3.63) is 194 Å². The topological polar surface area (TPSA) is 43.6 Å². The highest BCUT2D eigenvalue weighted by atomic mass is 32.1.